The van der Waals surface area contributed by atoms with Crippen molar-refractivity contribution in [3.8, 4) is 0 Å². The molecule has 1 saturated heterocycles. The van der Waals surface area contributed by atoms with E-state index in [0.717, 1.165) is 50.1 Å². The molecule has 2 aromatic rings. The molecule has 2 fully saturated rings. The minimum Gasteiger partial charge on any atom is -0.355 e. The zero-order valence-corrected chi connectivity index (χ0v) is 12.6. The van der Waals surface area contributed by atoms with Crippen LogP contribution in [0.25, 0.3) is 5.52 Å². The topological polar surface area (TPSA) is 62.5 Å². The van der Waals surface area contributed by atoms with Crippen molar-refractivity contribution in [1.29, 1.82) is 0 Å². The second-order valence-corrected chi connectivity index (χ2v) is 6.31. The van der Waals surface area contributed by atoms with Crippen molar-refractivity contribution in [3.05, 3.63) is 24.7 Å². The number of anilines is 1. The maximum Gasteiger partial charge on any atom is 0.223 e. The summed E-state index contributed by atoms with van der Waals surface area (Å²) in [6.45, 7) is 1.75. The van der Waals surface area contributed by atoms with Crippen molar-refractivity contribution in [2.75, 3.05) is 18.0 Å². The summed E-state index contributed by atoms with van der Waals surface area (Å²) in [4.78, 5) is 19.0. The van der Waals surface area contributed by atoms with Crippen molar-refractivity contribution in [1.82, 2.24) is 19.9 Å². The summed E-state index contributed by atoms with van der Waals surface area (Å²) in [5, 5.41) is 7.43. The summed E-state index contributed by atoms with van der Waals surface area (Å²) in [5.41, 5.74) is 1.03. The predicted octanol–water partition coefficient (Wildman–Crippen LogP) is 1.61. The van der Waals surface area contributed by atoms with Crippen LogP contribution < -0.4 is 10.2 Å². The first-order valence-corrected chi connectivity index (χ1v) is 8.15. The van der Waals surface area contributed by atoms with Gasteiger partial charge in [-0.25, -0.2) is 9.50 Å². The third kappa shape index (κ3) is 2.42. The summed E-state index contributed by atoms with van der Waals surface area (Å²) < 4.78 is 1.84. The van der Waals surface area contributed by atoms with Gasteiger partial charge in [-0.15, -0.1) is 0 Å². The largest absolute Gasteiger partial charge is 0.355 e. The van der Waals surface area contributed by atoms with Crippen molar-refractivity contribution in [2.45, 2.75) is 38.1 Å². The van der Waals surface area contributed by atoms with Crippen LogP contribution in [-0.4, -0.2) is 39.6 Å². The SMILES string of the molecule is O=C(NC1CCC1)C1CCN(c2nccn3nccc23)CC1. The van der Waals surface area contributed by atoms with Crippen LogP contribution in [0.15, 0.2) is 24.7 Å². The molecule has 1 N–H and O–H groups in total. The lowest BCUT2D eigenvalue weighted by Gasteiger charge is -2.34. The monoisotopic (exact) mass is 299 g/mol. The fraction of sp³-hybridized carbons (Fsp3) is 0.562. The number of amides is 1. The van der Waals surface area contributed by atoms with E-state index in [4.69, 9.17) is 0 Å². The van der Waals surface area contributed by atoms with Gasteiger partial charge in [-0.2, -0.15) is 5.10 Å². The zero-order valence-electron chi connectivity index (χ0n) is 12.6. The van der Waals surface area contributed by atoms with Crippen molar-refractivity contribution in [2.24, 2.45) is 5.92 Å². The average molecular weight is 299 g/mol. The zero-order chi connectivity index (χ0) is 14.9. The standard InChI is InChI=1S/C16H21N5O/c22-16(19-13-2-1-3-13)12-5-9-20(10-6-12)15-14-4-7-18-21(14)11-8-17-15/h4,7-8,11-13H,1-3,5-6,9-10H2,(H,19,22). The van der Waals surface area contributed by atoms with E-state index in [2.05, 4.69) is 20.3 Å². The van der Waals surface area contributed by atoms with Gasteiger partial charge >= 0.3 is 0 Å². The number of carbonyl (C=O) groups excluding carboxylic acids is 1. The molecule has 6 heteroatoms. The summed E-state index contributed by atoms with van der Waals surface area (Å²) in [7, 11) is 0. The van der Waals surface area contributed by atoms with E-state index in [1.54, 1.807) is 12.4 Å². The van der Waals surface area contributed by atoms with E-state index in [0.29, 0.717) is 6.04 Å². The minimum absolute atomic E-state index is 0.154. The van der Waals surface area contributed by atoms with Crippen molar-refractivity contribution >= 4 is 17.2 Å². The highest BCUT2D eigenvalue weighted by atomic mass is 16.2. The maximum atomic E-state index is 12.3. The number of piperidine rings is 1. The summed E-state index contributed by atoms with van der Waals surface area (Å²) >= 11 is 0. The van der Waals surface area contributed by atoms with E-state index >= 15 is 0 Å². The molecule has 22 heavy (non-hydrogen) atoms. The molecule has 6 nitrogen and oxygen atoms in total. The third-order valence-corrected chi connectivity index (χ3v) is 4.92. The van der Waals surface area contributed by atoms with Gasteiger partial charge in [-0.1, -0.05) is 0 Å². The summed E-state index contributed by atoms with van der Waals surface area (Å²) in [6.07, 6.45) is 10.8. The normalized spacial score (nSPS) is 20.1. The number of carbonyl (C=O) groups is 1. The molecule has 0 aromatic carbocycles. The molecule has 1 aliphatic heterocycles. The predicted molar refractivity (Wildman–Crippen MR) is 83.7 cm³/mol. The van der Waals surface area contributed by atoms with Crippen LogP contribution in [0.3, 0.4) is 0 Å². The Hall–Kier alpha value is -2.11. The van der Waals surface area contributed by atoms with Crippen LogP contribution in [0.1, 0.15) is 32.1 Å². The van der Waals surface area contributed by atoms with Crippen LogP contribution in [0.5, 0.6) is 0 Å². The molecule has 1 amide bonds. The first-order valence-electron chi connectivity index (χ1n) is 8.15. The van der Waals surface area contributed by atoms with Crippen LogP contribution >= 0.6 is 0 Å². The number of hydrogen-bond donors (Lipinski definition) is 1. The maximum absolute atomic E-state index is 12.3. The van der Waals surface area contributed by atoms with Gasteiger partial charge in [-0.05, 0) is 38.2 Å². The van der Waals surface area contributed by atoms with Crippen LogP contribution in [-0.2, 0) is 4.79 Å². The van der Waals surface area contributed by atoms with Gasteiger partial charge in [0.1, 0.15) is 5.52 Å². The van der Waals surface area contributed by atoms with E-state index in [1.807, 2.05) is 16.8 Å². The lowest BCUT2D eigenvalue weighted by atomic mass is 9.90. The van der Waals surface area contributed by atoms with E-state index in [9.17, 15) is 4.79 Å². The van der Waals surface area contributed by atoms with Crippen LogP contribution in [0.2, 0.25) is 0 Å². The first-order chi connectivity index (χ1) is 10.8. The molecule has 0 bridgehead atoms. The molecule has 1 saturated carbocycles. The molecule has 1 aliphatic carbocycles. The van der Waals surface area contributed by atoms with Crippen molar-refractivity contribution < 1.29 is 4.79 Å². The molecule has 4 rings (SSSR count). The van der Waals surface area contributed by atoms with Gasteiger partial charge < -0.3 is 10.2 Å². The Kier molecular flexibility index (Phi) is 3.44. The fourth-order valence-electron chi connectivity index (χ4n) is 3.31. The summed E-state index contributed by atoms with van der Waals surface area (Å²) in [5.74, 6) is 1.37. The molecule has 0 unspecified atom stereocenters. The lowest BCUT2D eigenvalue weighted by molar-refractivity contribution is -0.126. The van der Waals surface area contributed by atoms with Crippen LogP contribution in [0, 0.1) is 5.92 Å². The number of fused-ring (bicyclic) bond motifs is 1. The molecule has 2 aromatic heterocycles. The number of hydrogen-bond acceptors (Lipinski definition) is 4. The quantitative estimate of drug-likeness (QED) is 0.935. The van der Waals surface area contributed by atoms with Crippen molar-refractivity contribution in [3.63, 3.8) is 0 Å². The number of rotatable bonds is 3. The number of nitrogens with one attached hydrogen (secondary N) is 1. The molecule has 0 spiro atoms. The van der Waals surface area contributed by atoms with Gasteiger partial charge in [0, 0.05) is 37.4 Å². The molecule has 0 radical (unpaired) electrons. The highest BCUT2D eigenvalue weighted by molar-refractivity contribution is 5.79. The van der Waals surface area contributed by atoms with Gasteiger partial charge in [0.15, 0.2) is 5.82 Å². The highest BCUT2D eigenvalue weighted by Crippen LogP contribution is 2.26. The van der Waals surface area contributed by atoms with E-state index in [1.165, 1.54) is 6.42 Å². The Morgan fingerprint density at radius 1 is 1.18 bits per heavy atom. The Morgan fingerprint density at radius 3 is 2.73 bits per heavy atom. The Bertz CT molecular complexity index is 670. The minimum atomic E-state index is 0.154. The second kappa shape index (κ2) is 5.59. The van der Waals surface area contributed by atoms with Gasteiger partial charge in [0.25, 0.3) is 0 Å². The summed E-state index contributed by atoms with van der Waals surface area (Å²) in [6, 6.07) is 2.42. The molecular formula is C16H21N5O. The van der Waals surface area contributed by atoms with Crippen LogP contribution in [0.4, 0.5) is 5.82 Å². The average Bonchev–Trinajstić information content (AvgIpc) is 2.99. The Balaban J connectivity index is 1.41. The molecule has 0 atom stereocenters. The first kappa shape index (κ1) is 13.5. The smallest absolute Gasteiger partial charge is 0.223 e. The van der Waals surface area contributed by atoms with Gasteiger partial charge in [-0.3, -0.25) is 4.79 Å². The number of nitrogens with zero attached hydrogens (tertiary/aromatic N) is 4. The lowest BCUT2D eigenvalue weighted by Crippen LogP contribution is -2.46. The highest BCUT2D eigenvalue weighted by Gasteiger charge is 2.29. The second-order valence-electron chi connectivity index (χ2n) is 6.31. The van der Waals surface area contributed by atoms with E-state index in [-0.39, 0.29) is 11.8 Å². The molecule has 2 aliphatic rings. The molecule has 3 heterocycles. The van der Waals surface area contributed by atoms with Gasteiger partial charge in [0.05, 0.1) is 6.20 Å². The molecular weight excluding hydrogens is 278 g/mol. The number of aromatic nitrogens is 3. The van der Waals surface area contributed by atoms with Gasteiger partial charge in [0.2, 0.25) is 5.91 Å². The Morgan fingerprint density at radius 2 is 2.00 bits per heavy atom. The Labute approximate surface area is 129 Å². The fourth-order valence-corrected chi connectivity index (χ4v) is 3.31. The third-order valence-electron chi connectivity index (χ3n) is 4.92. The molecule has 116 valence electrons. The van der Waals surface area contributed by atoms with E-state index < -0.39 is 0 Å².